The van der Waals surface area contributed by atoms with E-state index in [1.165, 1.54) is 6.07 Å². The van der Waals surface area contributed by atoms with E-state index in [2.05, 4.69) is 52.5 Å². The molecule has 112 valence electrons. The van der Waals surface area contributed by atoms with Crippen molar-refractivity contribution in [1.29, 1.82) is 0 Å². The van der Waals surface area contributed by atoms with Gasteiger partial charge in [-0.25, -0.2) is 8.42 Å². The Morgan fingerprint density at radius 2 is 1.62 bits per heavy atom. The molecule has 0 aliphatic heterocycles. The van der Waals surface area contributed by atoms with Crippen molar-refractivity contribution in [3.05, 3.63) is 49.3 Å². The summed E-state index contributed by atoms with van der Waals surface area (Å²) in [6.45, 7) is 1.76. The molecule has 0 spiro atoms. The van der Waals surface area contributed by atoms with E-state index >= 15 is 0 Å². The Morgan fingerprint density at radius 1 is 1.05 bits per heavy atom. The number of anilines is 2. The van der Waals surface area contributed by atoms with E-state index in [0.717, 1.165) is 4.47 Å². The third kappa shape index (κ3) is 3.80. The summed E-state index contributed by atoms with van der Waals surface area (Å²) in [6, 6.07) is 8.12. The maximum Gasteiger partial charge on any atom is 0.261 e. The molecule has 0 saturated heterocycles. The summed E-state index contributed by atoms with van der Waals surface area (Å²) < 4.78 is 29.5. The zero-order valence-electron chi connectivity index (χ0n) is 10.8. The molecular formula is C13H11Br3N2O2S. The Labute approximate surface area is 148 Å². The fourth-order valence-corrected chi connectivity index (χ4v) is 5.55. The molecule has 3 N–H and O–H groups in total. The van der Waals surface area contributed by atoms with Crippen LogP contribution in [-0.2, 0) is 10.0 Å². The van der Waals surface area contributed by atoms with Crippen LogP contribution in [0.15, 0.2) is 48.6 Å². The van der Waals surface area contributed by atoms with Crippen LogP contribution >= 0.6 is 47.8 Å². The lowest BCUT2D eigenvalue weighted by Gasteiger charge is -2.13. The molecule has 4 nitrogen and oxygen atoms in total. The molecule has 0 bridgehead atoms. The highest BCUT2D eigenvalue weighted by atomic mass is 79.9. The molecule has 0 atom stereocenters. The van der Waals surface area contributed by atoms with Gasteiger partial charge in [-0.05, 0) is 74.7 Å². The van der Waals surface area contributed by atoms with Gasteiger partial charge in [-0.2, -0.15) is 0 Å². The molecule has 0 heterocycles. The molecule has 0 fully saturated rings. The molecular weight excluding hydrogens is 488 g/mol. The highest BCUT2D eigenvalue weighted by Gasteiger charge is 2.18. The van der Waals surface area contributed by atoms with Crippen molar-refractivity contribution in [2.24, 2.45) is 0 Å². The van der Waals surface area contributed by atoms with Crippen molar-refractivity contribution in [3.63, 3.8) is 0 Å². The first kappa shape index (κ1) is 16.8. The molecule has 0 radical (unpaired) electrons. The van der Waals surface area contributed by atoms with Crippen LogP contribution in [0.5, 0.6) is 0 Å². The number of benzene rings is 2. The number of hydrogen-bond acceptors (Lipinski definition) is 3. The van der Waals surface area contributed by atoms with Crippen molar-refractivity contribution >= 4 is 69.2 Å². The van der Waals surface area contributed by atoms with Gasteiger partial charge in [-0.15, -0.1) is 0 Å². The number of rotatable bonds is 3. The Bertz CT molecular complexity index is 784. The molecule has 0 aromatic heterocycles. The minimum atomic E-state index is -3.69. The SMILES string of the molecule is Cc1cc(S(=O)(=O)Nc2c(Br)cc(Br)cc2Br)ccc1N. The van der Waals surface area contributed by atoms with Crippen LogP contribution in [0.3, 0.4) is 0 Å². The van der Waals surface area contributed by atoms with Gasteiger partial charge in [0.15, 0.2) is 0 Å². The maximum atomic E-state index is 12.4. The number of nitrogens with one attached hydrogen (secondary N) is 1. The third-order valence-corrected chi connectivity index (χ3v) is 5.85. The average Bonchev–Trinajstić information content (AvgIpc) is 2.37. The summed E-state index contributed by atoms with van der Waals surface area (Å²) in [6.07, 6.45) is 0. The Hall–Kier alpha value is -0.570. The summed E-state index contributed by atoms with van der Waals surface area (Å²) in [5, 5.41) is 0. The fraction of sp³-hybridized carbons (Fsp3) is 0.0769. The van der Waals surface area contributed by atoms with Gasteiger partial charge in [0.25, 0.3) is 10.0 Å². The zero-order valence-corrected chi connectivity index (χ0v) is 16.4. The van der Waals surface area contributed by atoms with Crippen LogP contribution in [-0.4, -0.2) is 8.42 Å². The molecule has 2 aromatic rings. The van der Waals surface area contributed by atoms with Crippen LogP contribution < -0.4 is 10.5 Å². The summed E-state index contributed by atoms with van der Waals surface area (Å²) in [5.41, 5.74) is 7.42. The van der Waals surface area contributed by atoms with Crippen molar-refractivity contribution in [3.8, 4) is 0 Å². The first-order valence-corrected chi connectivity index (χ1v) is 9.60. The van der Waals surface area contributed by atoms with Crippen molar-refractivity contribution in [2.45, 2.75) is 11.8 Å². The van der Waals surface area contributed by atoms with E-state index in [1.807, 2.05) is 0 Å². The second-order valence-corrected chi connectivity index (χ2v) is 8.68. The molecule has 0 amide bonds. The lowest BCUT2D eigenvalue weighted by atomic mass is 10.2. The fourth-order valence-electron chi connectivity index (χ4n) is 1.65. The Morgan fingerprint density at radius 3 is 2.14 bits per heavy atom. The smallest absolute Gasteiger partial charge is 0.261 e. The number of halogens is 3. The predicted molar refractivity (Wildman–Crippen MR) is 95.9 cm³/mol. The van der Waals surface area contributed by atoms with Crippen molar-refractivity contribution in [2.75, 3.05) is 10.5 Å². The van der Waals surface area contributed by atoms with E-state index < -0.39 is 10.0 Å². The normalized spacial score (nSPS) is 11.4. The number of nitrogen functional groups attached to an aromatic ring is 1. The number of sulfonamides is 1. The molecule has 2 rings (SSSR count). The Balaban J connectivity index is 2.44. The van der Waals surface area contributed by atoms with Gasteiger partial charge in [0.05, 0.1) is 10.6 Å². The predicted octanol–water partition coefficient (Wildman–Crippen LogP) is 4.67. The van der Waals surface area contributed by atoms with Gasteiger partial charge in [-0.3, -0.25) is 4.72 Å². The van der Waals surface area contributed by atoms with Gasteiger partial charge in [0.1, 0.15) is 0 Å². The van der Waals surface area contributed by atoms with Crippen molar-refractivity contribution < 1.29 is 8.42 Å². The highest BCUT2D eigenvalue weighted by Crippen LogP contribution is 2.35. The summed E-state index contributed by atoms with van der Waals surface area (Å²) in [7, 11) is -3.69. The topological polar surface area (TPSA) is 72.2 Å². The minimum Gasteiger partial charge on any atom is -0.399 e. The molecule has 0 aliphatic rings. The number of hydrogen-bond donors (Lipinski definition) is 2. The van der Waals surface area contributed by atoms with E-state index in [-0.39, 0.29) is 4.90 Å². The number of aryl methyl sites for hydroxylation is 1. The van der Waals surface area contributed by atoms with Crippen LogP contribution in [0, 0.1) is 6.92 Å². The Kier molecular flexibility index (Phi) is 5.02. The monoisotopic (exact) mass is 496 g/mol. The summed E-state index contributed by atoms with van der Waals surface area (Å²) >= 11 is 10.0. The highest BCUT2D eigenvalue weighted by molar-refractivity contribution is 9.11. The lowest BCUT2D eigenvalue weighted by Crippen LogP contribution is -2.14. The lowest BCUT2D eigenvalue weighted by molar-refractivity contribution is 0.601. The molecule has 2 aromatic carbocycles. The second kappa shape index (κ2) is 6.28. The summed E-state index contributed by atoms with van der Waals surface area (Å²) in [4.78, 5) is 0.163. The van der Waals surface area contributed by atoms with Crippen molar-refractivity contribution in [1.82, 2.24) is 0 Å². The first-order valence-electron chi connectivity index (χ1n) is 5.74. The van der Waals surface area contributed by atoms with Crippen LogP contribution in [0.4, 0.5) is 11.4 Å². The largest absolute Gasteiger partial charge is 0.399 e. The minimum absolute atomic E-state index is 0.163. The van der Waals surface area contributed by atoms with Gasteiger partial charge in [0.2, 0.25) is 0 Å². The molecule has 0 unspecified atom stereocenters. The zero-order chi connectivity index (χ0) is 15.8. The maximum absolute atomic E-state index is 12.4. The third-order valence-electron chi connectivity index (χ3n) is 2.79. The van der Waals surface area contributed by atoms with Crippen LogP contribution in [0.1, 0.15) is 5.56 Å². The van der Waals surface area contributed by atoms with E-state index in [1.54, 1.807) is 31.2 Å². The van der Waals surface area contributed by atoms with Gasteiger partial charge < -0.3 is 5.73 Å². The molecule has 21 heavy (non-hydrogen) atoms. The molecule has 8 heteroatoms. The summed E-state index contributed by atoms with van der Waals surface area (Å²) in [5.74, 6) is 0. The molecule has 0 saturated carbocycles. The number of nitrogens with two attached hydrogens (primary N) is 1. The quantitative estimate of drug-likeness (QED) is 0.604. The standard InChI is InChI=1S/C13H11Br3N2O2S/c1-7-4-9(2-3-12(7)17)21(19,20)18-13-10(15)5-8(14)6-11(13)16/h2-6,18H,17H2,1H3. The second-order valence-electron chi connectivity index (χ2n) is 4.37. The van der Waals surface area contributed by atoms with E-state index in [0.29, 0.717) is 25.9 Å². The average molecular weight is 499 g/mol. The molecule has 0 aliphatic carbocycles. The van der Waals surface area contributed by atoms with E-state index in [4.69, 9.17) is 5.73 Å². The van der Waals surface area contributed by atoms with Crippen LogP contribution in [0.2, 0.25) is 0 Å². The van der Waals surface area contributed by atoms with Gasteiger partial charge >= 0.3 is 0 Å². The van der Waals surface area contributed by atoms with Gasteiger partial charge in [-0.1, -0.05) is 15.9 Å². The first-order chi connectivity index (χ1) is 9.70. The van der Waals surface area contributed by atoms with Crippen LogP contribution in [0.25, 0.3) is 0 Å². The van der Waals surface area contributed by atoms with Gasteiger partial charge in [0, 0.05) is 19.1 Å². The van der Waals surface area contributed by atoms with E-state index in [9.17, 15) is 8.42 Å².